The molecule has 10 heteroatoms. The molecule has 0 spiro atoms. The Morgan fingerprint density at radius 3 is 0.778 bits per heavy atom. The molecule has 0 saturated heterocycles. The molecule has 0 amide bonds. The summed E-state index contributed by atoms with van der Waals surface area (Å²) in [4.78, 5) is 50.4. The summed E-state index contributed by atoms with van der Waals surface area (Å²) in [7, 11) is 0. The standard InChI is InChI=1S/C10H18O4.C8H14O4.C8H16O2/c11-9(12)7-5-3-1-2-4-6-8-10(13)14;9-7(10)5-3-1-2-4-6-8(11)12;1-7(2)5-3-4-6-8(9)10/h1-8H2,(H,11,12)(H,13,14);1-6H2,(H,9,10)(H,11,12);7H,3-6H2,1-2H3,(H,9,10). The van der Waals surface area contributed by atoms with E-state index >= 15 is 0 Å². The van der Waals surface area contributed by atoms with E-state index in [1.54, 1.807) is 0 Å². The zero-order valence-electron chi connectivity index (χ0n) is 22.1. The van der Waals surface area contributed by atoms with Crippen LogP contribution in [0.2, 0.25) is 0 Å². The SMILES string of the molecule is CC(C)CCCCC(=O)O.O=C(O)CCCCCCC(=O)O.O=C(O)CCCCCCCCC(=O)O. The largest absolute Gasteiger partial charge is 0.481 e. The van der Waals surface area contributed by atoms with Crippen molar-refractivity contribution in [1.82, 2.24) is 0 Å². The number of unbranched alkanes of at least 4 members (excludes halogenated alkanes) is 9. The Morgan fingerprint density at radius 1 is 0.389 bits per heavy atom. The van der Waals surface area contributed by atoms with Crippen LogP contribution in [0.4, 0.5) is 0 Å². The van der Waals surface area contributed by atoms with Gasteiger partial charge in [-0.25, -0.2) is 0 Å². The molecule has 0 fully saturated rings. The topological polar surface area (TPSA) is 186 Å². The summed E-state index contributed by atoms with van der Waals surface area (Å²) in [6, 6.07) is 0. The van der Waals surface area contributed by atoms with Crippen molar-refractivity contribution < 1.29 is 49.5 Å². The van der Waals surface area contributed by atoms with Crippen LogP contribution < -0.4 is 0 Å². The first-order valence-corrected chi connectivity index (χ1v) is 13.0. The third kappa shape index (κ3) is 48.7. The second-order valence-corrected chi connectivity index (χ2v) is 9.14. The van der Waals surface area contributed by atoms with Gasteiger partial charge in [-0.1, -0.05) is 65.2 Å². The summed E-state index contributed by atoms with van der Waals surface area (Å²) in [5.74, 6) is -3.02. The molecule has 0 aromatic rings. The first kappa shape index (κ1) is 37.9. The molecule has 0 aliphatic rings. The summed E-state index contributed by atoms with van der Waals surface area (Å²) >= 11 is 0. The van der Waals surface area contributed by atoms with Crippen molar-refractivity contribution in [3.05, 3.63) is 0 Å². The minimum Gasteiger partial charge on any atom is -0.481 e. The van der Waals surface area contributed by atoms with Crippen molar-refractivity contribution >= 4 is 29.8 Å². The Bertz CT molecular complexity index is 549. The van der Waals surface area contributed by atoms with Crippen LogP contribution in [0, 0.1) is 5.92 Å². The van der Waals surface area contributed by atoms with Gasteiger partial charge in [0.1, 0.15) is 0 Å². The maximum Gasteiger partial charge on any atom is 0.303 e. The fourth-order valence-electron chi connectivity index (χ4n) is 2.99. The molecule has 0 rings (SSSR count). The zero-order valence-corrected chi connectivity index (χ0v) is 22.1. The van der Waals surface area contributed by atoms with E-state index in [9.17, 15) is 24.0 Å². The number of carboxylic acid groups (broad SMARTS) is 5. The maximum atomic E-state index is 10.1. The van der Waals surface area contributed by atoms with Crippen molar-refractivity contribution in [3.8, 4) is 0 Å². The quantitative estimate of drug-likeness (QED) is 0.111. The van der Waals surface area contributed by atoms with E-state index in [2.05, 4.69) is 13.8 Å². The summed E-state index contributed by atoms with van der Waals surface area (Å²) < 4.78 is 0. The average Bonchev–Trinajstić information content (AvgIpc) is 2.75. The lowest BCUT2D eigenvalue weighted by Gasteiger charge is -2.01. The molecule has 0 unspecified atom stereocenters. The second-order valence-electron chi connectivity index (χ2n) is 9.14. The van der Waals surface area contributed by atoms with Crippen molar-refractivity contribution in [3.63, 3.8) is 0 Å². The van der Waals surface area contributed by atoms with E-state index < -0.39 is 29.8 Å². The molecule has 0 aromatic heterocycles. The van der Waals surface area contributed by atoms with E-state index in [0.717, 1.165) is 70.6 Å². The Balaban J connectivity index is -0.000000460. The lowest BCUT2D eigenvalue weighted by atomic mass is 10.1. The van der Waals surface area contributed by atoms with E-state index in [0.29, 0.717) is 25.2 Å². The van der Waals surface area contributed by atoms with Crippen LogP contribution in [0.5, 0.6) is 0 Å². The maximum absolute atomic E-state index is 10.1. The van der Waals surface area contributed by atoms with Gasteiger partial charge in [0.15, 0.2) is 0 Å². The smallest absolute Gasteiger partial charge is 0.303 e. The Labute approximate surface area is 215 Å². The molecule has 0 bridgehead atoms. The minimum atomic E-state index is -0.784. The van der Waals surface area contributed by atoms with Gasteiger partial charge in [-0.05, 0) is 38.0 Å². The van der Waals surface area contributed by atoms with E-state index in [-0.39, 0.29) is 25.7 Å². The monoisotopic (exact) mass is 520 g/mol. The van der Waals surface area contributed by atoms with Gasteiger partial charge < -0.3 is 25.5 Å². The van der Waals surface area contributed by atoms with E-state index in [1.165, 1.54) is 0 Å². The van der Waals surface area contributed by atoms with E-state index in [4.69, 9.17) is 25.5 Å². The van der Waals surface area contributed by atoms with Gasteiger partial charge in [0.2, 0.25) is 0 Å². The van der Waals surface area contributed by atoms with Gasteiger partial charge >= 0.3 is 29.8 Å². The number of hydrogen-bond acceptors (Lipinski definition) is 5. The number of carboxylic acids is 5. The van der Waals surface area contributed by atoms with Gasteiger partial charge in [-0.2, -0.15) is 0 Å². The van der Waals surface area contributed by atoms with Crippen LogP contribution in [0.25, 0.3) is 0 Å². The molecule has 0 radical (unpaired) electrons. The highest BCUT2D eigenvalue weighted by molar-refractivity contribution is 5.67. The fourth-order valence-corrected chi connectivity index (χ4v) is 2.99. The predicted octanol–water partition coefficient (Wildman–Crippen LogP) is 6.06. The van der Waals surface area contributed by atoms with Gasteiger partial charge in [0.05, 0.1) is 0 Å². The van der Waals surface area contributed by atoms with Crippen LogP contribution in [0.15, 0.2) is 0 Å². The molecule has 212 valence electrons. The van der Waals surface area contributed by atoms with Crippen LogP contribution in [-0.4, -0.2) is 55.4 Å². The van der Waals surface area contributed by atoms with Crippen molar-refractivity contribution in [2.75, 3.05) is 0 Å². The number of carbonyl (C=O) groups is 5. The molecule has 0 saturated carbocycles. The number of rotatable bonds is 21. The molecule has 5 N–H and O–H groups in total. The molecule has 36 heavy (non-hydrogen) atoms. The lowest BCUT2D eigenvalue weighted by molar-refractivity contribution is -0.138. The van der Waals surface area contributed by atoms with Gasteiger partial charge in [-0.3, -0.25) is 24.0 Å². The summed E-state index contributed by atoms with van der Waals surface area (Å²) in [5.41, 5.74) is 0. The first-order chi connectivity index (χ1) is 16.9. The van der Waals surface area contributed by atoms with Gasteiger partial charge in [0, 0.05) is 32.1 Å². The van der Waals surface area contributed by atoms with Crippen molar-refractivity contribution in [2.24, 2.45) is 5.92 Å². The van der Waals surface area contributed by atoms with Crippen LogP contribution in [0.1, 0.15) is 129 Å². The molecular weight excluding hydrogens is 472 g/mol. The van der Waals surface area contributed by atoms with Crippen molar-refractivity contribution in [1.29, 1.82) is 0 Å². The zero-order chi connectivity index (χ0) is 28.2. The highest BCUT2D eigenvalue weighted by atomic mass is 16.4. The Hall–Kier alpha value is -2.65. The summed E-state index contributed by atoms with van der Waals surface area (Å²) in [6.45, 7) is 4.31. The third-order valence-electron chi connectivity index (χ3n) is 4.98. The normalized spacial score (nSPS) is 9.97. The average molecular weight is 521 g/mol. The highest BCUT2D eigenvalue weighted by Crippen LogP contribution is 2.09. The highest BCUT2D eigenvalue weighted by Gasteiger charge is 2.00. The molecule has 0 atom stereocenters. The van der Waals surface area contributed by atoms with E-state index in [1.807, 2.05) is 0 Å². The number of aliphatic carboxylic acids is 5. The molecule has 0 aromatic carbocycles. The van der Waals surface area contributed by atoms with Crippen LogP contribution in [-0.2, 0) is 24.0 Å². The lowest BCUT2D eigenvalue weighted by Crippen LogP contribution is -1.95. The molecule has 0 aliphatic heterocycles. The molecular formula is C26H48O10. The van der Waals surface area contributed by atoms with Crippen molar-refractivity contribution in [2.45, 2.75) is 129 Å². The summed E-state index contributed by atoms with van der Waals surface area (Å²) in [6.07, 6.45) is 12.5. The summed E-state index contributed by atoms with van der Waals surface area (Å²) in [5, 5.41) is 41.5. The Kier molecular flexibility index (Phi) is 30.1. The molecule has 0 heterocycles. The predicted molar refractivity (Wildman–Crippen MR) is 136 cm³/mol. The first-order valence-electron chi connectivity index (χ1n) is 13.0. The third-order valence-corrected chi connectivity index (χ3v) is 4.98. The molecule has 10 nitrogen and oxygen atoms in total. The van der Waals surface area contributed by atoms with Crippen LogP contribution >= 0.6 is 0 Å². The molecule has 0 aliphatic carbocycles. The number of hydrogen-bond donors (Lipinski definition) is 5. The minimum absolute atomic E-state index is 0.188. The van der Waals surface area contributed by atoms with Gasteiger partial charge in [-0.15, -0.1) is 0 Å². The second kappa shape index (κ2) is 28.6. The fraction of sp³-hybridized carbons (Fsp3) is 0.808. The van der Waals surface area contributed by atoms with Crippen LogP contribution in [0.3, 0.4) is 0 Å². The Morgan fingerprint density at radius 2 is 0.583 bits per heavy atom. The van der Waals surface area contributed by atoms with Gasteiger partial charge in [0.25, 0.3) is 0 Å².